The summed E-state index contributed by atoms with van der Waals surface area (Å²) in [6.45, 7) is 13.4. The van der Waals surface area contributed by atoms with Crippen LogP contribution in [0.2, 0.25) is 0 Å². The highest BCUT2D eigenvalue weighted by molar-refractivity contribution is 7.89. The van der Waals surface area contributed by atoms with Crippen LogP contribution in [0, 0.1) is 0 Å². The molecule has 3 rings (SSSR count). The predicted octanol–water partition coefficient (Wildman–Crippen LogP) is 2.96. The highest BCUT2D eigenvalue weighted by atomic mass is 32.2. The molecule has 0 radical (unpaired) electrons. The van der Waals surface area contributed by atoms with Crippen LogP contribution in [0.3, 0.4) is 0 Å². The Morgan fingerprint density at radius 3 is 2.17 bits per heavy atom. The Labute approximate surface area is 206 Å². The van der Waals surface area contributed by atoms with Crippen molar-refractivity contribution in [2.45, 2.75) is 84.4 Å². The van der Waals surface area contributed by atoms with E-state index in [2.05, 4.69) is 4.98 Å². The maximum absolute atomic E-state index is 14.1. The molecule has 0 saturated carbocycles. The van der Waals surface area contributed by atoms with Crippen molar-refractivity contribution >= 4 is 28.4 Å². The normalized spacial score (nSPS) is 23.6. The first kappa shape index (κ1) is 28.0. The van der Waals surface area contributed by atoms with Crippen LogP contribution in [-0.2, 0) is 19.3 Å². The van der Waals surface area contributed by atoms with Crippen molar-refractivity contribution in [3.05, 3.63) is 12.1 Å². The van der Waals surface area contributed by atoms with Crippen LogP contribution in [-0.4, -0.2) is 79.2 Å². The quantitative estimate of drug-likeness (QED) is 0.552. The summed E-state index contributed by atoms with van der Waals surface area (Å²) in [5, 5.41) is 0. The number of hydrogen-bond acceptors (Lipinski definition) is 7. The molecule has 0 amide bonds. The second kappa shape index (κ2) is 9.07. The van der Waals surface area contributed by atoms with E-state index in [-0.39, 0.29) is 30.5 Å². The van der Waals surface area contributed by atoms with Crippen LogP contribution in [0.5, 0.6) is 5.88 Å². The van der Waals surface area contributed by atoms with Crippen molar-refractivity contribution in [2.24, 2.45) is 0 Å². The first-order valence-electron chi connectivity index (χ1n) is 11.6. The molecule has 8 nitrogen and oxygen atoms in total. The van der Waals surface area contributed by atoms with Crippen molar-refractivity contribution in [2.75, 3.05) is 30.3 Å². The van der Waals surface area contributed by atoms with E-state index in [9.17, 15) is 21.6 Å². The zero-order valence-corrected chi connectivity index (χ0v) is 22.4. The zero-order chi connectivity index (χ0) is 26.6. The summed E-state index contributed by atoms with van der Waals surface area (Å²) >= 11 is 0. The van der Waals surface area contributed by atoms with Gasteiger partial charge in [0.25, 0.3) is 0 Å². The zero-order valence-electron chi connectivity index (χ0n) is 21.6. The average Bonchev–Trinajstić information content (AvgIpc) is 2.92. The third kappa shape index (κ3) is 6.06. The largest absolute Gasteiger partial charge is 0.495 e. The summed E-state index contributed by atoms with van der Waals surface area (Å²) in [6, 6.07) is 1.04. The lowest BCUT2D eigenvalue weighted by atomic mass is 9.79. The molecule has 2 aliphatic heterocycles. The minimum absolute atomic E-state index is 0.0207. The number of anilines is 1. The number of aromatic nitrogens is 1. The Morgan fingerprint density at radius 1 is 1.11 bits per heavy atom. The molecule has 1 aromatic rings. The Balaban J connectivity index is 2.05. The van der Waals surface area contributed by atoms with Gasteiger partial charge in [-0.2, -0.15) is 22.5 Å². The van der Waals surface area contributed by atoms with Crippen molar-refractivity contribution < 1.29 is 35.6 Å². The Hall–Kier alpha value is -1.57. The highest BCUT2D eigenvalue weighted by Gasteiger charge is 2.53. The van der Waals surface area contributed by atoms with E-state index < -0.39 is 52.7 Å². The van der Waals surface area contributed by atoms with Crippen LogP contribution in [0.1, 0.15) is 55.4 Å². The van der Waals surface area contributed by atoms with E-state index >= 15 is 0 Å². The molecule has 2 fully saturated rings. The summed E-state index contributed by atoms with van der Waals surface area (Å²) in [6.07, 6.45) is -4.69. The number of halogens is 3. The number of hydrogen-bond donors (Lipinski definition) is 0. The maximum atomic E-state index is 14.1. The van der Waals surface area contributed by atoms with Crippen molar-refractivity contribution in [3.8, 4) is 5.88 Å². The molecule has 0 N–H and O–H groups in total. The number of pyridine rings is 1. The third-order valence-corrected chi connectivity index (χ3v) is 8.37. The molecular formula is C22H35BF3N3O5S. The van der Waals surface area contributed by atoms with Crippen molar-refractivity contribution in [1.29, 1.82) is 0 Å². The van der Waals surface area contributed by atoms with Gasteiger partial charge in [0.05, 0.1) is 17.0 Å². The average molecular weight is 521 g/mol. The van der Waals surface area contributed by atoms with Crippen LogP contribution in [0.4, 0.5) is 19.0 Å². The fourth-order valence-electron chi connectivity index (χ4n) is 3.89. The van der Waals surface area contributed by atoms with Gasteiger partial charge < -0.3 is 18.9 Å². The number of sulfonamides is 1. The molecule has 0 aromatic carbocycles. The number of rotatable bonds is 5. The molecule has 0 bridgehead atoms. The molecule has 35 heavy (non-hydrogen) atoms. The molecule has 1 unspecified atom stereocenters. The standard InChI is InChI=1S/C22H35BF3N3O5S/c1-9-35(30,31)28-10-11-29(16(14-28)22(24,25)26)17-12-15(13-18(27-17)32-19(2,3)4)23-33-20(5,6)21(7,8)34-23/h12-13,16H,9-11,14H2,1-8H3. The molecule has 1 aromatic heterocycles. The lowest BCUT2D eigenvalue weighted by Gasteiger charge is -2.42. The molecule has 198 valence electrons. The lowest BCUT2D eigenvalue weighted by molar-refractivity contribution is -0.153. The van der Waals surface area contributed by atoms with Crippen LogP contribution in [0.15, 0.2) is 12.1 Å². The third-order valence-electron chi connectivity index (χ3n) is 6.52. The first-order valence-corrected chi connectivity index (χ1v) is 13.2. The number of ether oxygens (including phenoxy) is 1. The van der Waals surface area contributed by atoms with Crippen LogP contribution >= 0.6 is 0 Å². The molecule has 2 aliphatic rings. The SMILES string of the molecule is CCS(=O)(=O)N1CCN(c2cc(B3OC(C)(C)C(C)(C)O3)cc(OC(C)(C)C)n2)C(C(F)(F)F)C1. The topological polar surface area (TPSA) is 81.2 Å². The summed E-state index contributed by atoms with van der Waals surface area (Å²) in [4.78, 5) is 5.47. The number of nitrogens with zero attached hydrogens (tertiary/aromatic N) is 3. The summed E-state index contributed by atoms with van der Waals surface area (Å²) in [5.41, 5.74) is -1.49. The van der Waals surface area contributed by atoms with Gasteiger partial charge in [-0.3, -0.25) is 0 Å². The summed E-state index contributed by atoms with van der Waals surface area (Å²) < 4.78 is 86.1. The predicted molar refractivity (Wildman–Crippen MR) is 129 cm³/mol. The molecule has 3 heterocycles. The number of alkyl halides is 3. The van der Waals surface area contributed by atoms with E-state index in [1.807, 2.05) is 48.5 Å². The molecule has 1 atom stereocenters. The van der Waals surface area contributed by atoms with E-state index in [0.29, 0.717) is 5.46 Å². The Kier molecular flexibility index (Phi) is 7.26. The van der Waals surface area contributed by atoms with Crippen molar-refractivity contribution in [1.82, 2.24) is 9.29 Å². The van der Waals surface area contributed by atoms with E-state index in [1.165, 1.54) is 13.0 Å². The lowest BCUT2D eigenvalue weighted by Crippen LogP contribution is -2.60. The molecule has 2 saturated heterocycles. The fourth-order valence-corrected chi connectivity index (χ4v) is 4.98. The second-order valence-corrected chi connectivity index (χ2v) is 13.2. The summed E-state index contributed by atoms with van der Waals surface area (Å²) in [7, 11) is -4.62. The second-order valence-electron chi connectivity index (χ2n) is 10.9. The van der Waals surface area contributed by atoms with Gasteiger partial charge in [-0.1, -0.05) is 0 Å². The smallest absolute Gasteiger partial charge is 0.472 e. The van der Waals surface area contributed by atoms with Gasteiger partial charge in [-0.25, -0.2) is 8.42 Å². The first-order chi connectivity index (χ1) is 15.8. The molecule has 0 aliphatic carbocycles. The molecule has 13 heteroatoms. The molecular weight excluding hydrogens is 486 g/mol. The van der Waals surface area contributed by atoms with Gasteiger partial charge in [0.2, 0.25) is 15.9 Å². The highest BCUT2D eigenvalue weighted by Crippen LogP contribution is 2.38. The van der Waals surface area contributed by atoms with E-state index in [0.717, 1.165) is 9.21 Å². The van der Waals surface area contributed by atoms with Crippen LogP contribution in [0.25, 0.3) is 0 Å². The van der Waals surface area contributed by atoms with E-state index in [1.54, 1.807) is 6.07 Å². The van der Waals surface area contributed by atoms with Gasteiger partial charge in [0.1, 0.15) is 17.5 Å². The van der Waals surface area contributed by atoms with Gasteiger partial charge in [-0.15, -0.1) is 0 Å². The summed E-state index contributed by atoms with van der Waals surface area (Å²) in [5.74, 6) is -0.117. The fraction of sp³-hybridized carbons (Fsp3) is 0.773. The maximum Gasteiger partial charge on any atom is 0.495 e. The number of piperazine rings is 1. The minimum Gasteiger partial charge on any atom is -0.472 e. The van der Waals surface area contributed by atoms with Gasteiger partial charge in [-0.05, 0) is 66.9 Å². The van der Waals surface area contributed by atoms with Gasteiger partial charge in [0.15, 0.2) is 0 Å². The molecule has 0 spiro atoms. The van der Waals surface area contributed by atoms with E-state index in [4.69, 9.17) is 14.0 Å². The van der Waals surface area contributed by atoms with Gasteiger partial charge in [0, 0.05) is 25.7 Å². The van der Waals surface area contributed by atoms with Gasteiger partial charge >= 0.3 is 13.3 Å². The van der Waals surface area contributed by atoms with Crippen molar-refractivity contribution in [3.63, 3.8) is 0 Å². The van der Waals surface area contributed by atoms with Crippen LogP contribution < -0.4 is 15.1 Å². The Morgan fingerprint density at radius 2 is 1.69 bits per heavy atom. The minimum atomic E-state index is -4.69. The monoisotopic (exact) mass is 521 g/mol. The Bertz CT molecular complexity index is 1030.